The van der Waals surface area contributed by atoms with Gasteiger partial charge in [0, 0.05) is 0 Å². The second kappa shape index (κ2) is 8.23. The molecule has 0 unspecified atom stereocenters. The number of aliphatic hydroxyl groups is 1. The van der Waals surface area contributed by atoms with Crippen LogP contribution < -0.4 is 14.4 Å². The zero-order valence-corrected chi connectivity index (χ0v) is 17.8. The molecule has 0 radical (unpaired) electrons. The topological polar surface area (TPSA) is 116 Å². The van der Waals surface area contributed by atoms with Gasteiger partial charge in [0.1, 0.15) is 10.6 Å². The summed E-state index contributed by atoms with van der Waals surface area (Å²) in [6, 6.07) is 4.46. The number of carbonyl (C=O) groups is 1. The van der Waals surface area contributed by atoms with Gasteiger partial charge in [0.15, 0.2) is 5.60 Å². The minimum atomic E-state index is -5.01. The number of aromatic carboxylic acids is 1. The molecular weight excluding hydrogens is 498 g/mol. The minimum absolute atomic E-state index is 0.332. The van der Waals surface area contributed by atoms with Crippen LogP contribution in [0.1, 0.15) is 15.9 Å². The molecule has 0 atom stereocenters. The van der Waals surface area contributed by atoms with Crippen LogP contribution in [0.3, 0.4) is 0 Å². The van der Waals surface area contributed by atoms with Crippen LogP contribution >= 0.6 is 0 Å². The Labute approximate surface area is 188 Å². The molecule has 0 saturated carbocycles. The largest absolute Gasteiger partial charge is 0.495 e. The zero-order valence-electron chi connectivity index (χ0n) is 17.0. The number of sulfonamides is 1. The maximum absolute atomic E-state index is 13.2. The van der Waals surface area contributed by atoms with Crippen LogP contribution in [0.4, 0.5) is 37.7 Å². The number of benzene rings is 2. The van der Waals surface area contributed by atoms with Crippen molar-refractivity contribution in [1.29, 1.82) is 0 Å². The van der Waals surface area contributed by atoms with Crippen molar-refractivity contribution in [2.75, 3.05) is 29.8 Å². The summed E-state index contributed by atoms with van der Waals surface area (Å²) in [6.45, 7) is -2.09. The third-order valence-electron chi connectivity index (χ3n) is 5.04. The number of ether oxygens (including phenoxy) is 1. The molecule has 1 saturated heterocycles. The number of anilines is 2. The first kappa shape index (κ1) is 25.4. The Morgan fingerprint density at radius 2 is 1.71 bits per heavy atom. The van der Waals surface area contributed by atoms with Crippen molar-refractivity contribution >= 4 is 27.4 Å². The van der Waals surface area contributed by atoms with E-state index in [-0.39, 0.29) is 11.4 Å². The lowest BCUT2D eigenvalue weighted by Crippen LogP contribution is -2.69. The SMILES string of the molecule is COc1ccc(C(=O)O)cc1S(=O)(=O)Nc1cc(C(F)(F)F)ccc1N1CC(O)(C(F)(F)F)C1. The Hall–Kier alpha value is -3.20. The van der Waals surface area contributed by atoms with Gasteiger partial charge in [0.2, 0.25) is 0 Å². The molecule has 34 heavy (non-hydrogen) atoms. The van der Waals surface area contributed by atoms with E-state index in [2.05, 4.69) is 0 Å². The average Bonchev–Trinajstić information content (AvgIpc) is 2.69. The molecule has 1 aliphatic rings. The Morgan fingerprint density at radius 3 is 2.21 bits per heavy atom. The number of alkyl halides is 6. The highest BCUT2D eigenvalue weighted by Crippen LogP contribution is 2.44. The number of halogens is 6. The van der Waals surface area contributed by atoms with Gasteiger partial charge in [-0.15, -0.1) is 0 Å². The average molecular weight is 514 g/mol. The summed E-state index contributed by atoms with van der Waals surface area (Å²) in [5.74, 6) is -1.83. The van der Waals surface area contributed by atoms with Crippen LogP contribution in [0.15, 0.2) is 41.3 Å². The summed E-state index contributed by atoms with van der Waals surface area (Å²) < 4.78 is 111. The Morgan fingerprint density at radius 1 is 1.09 bits per heavy atom. The maximum atomic E-state index is 13.2. The van der Waals surface area contributed by atoms with Gasteiger partial charge in [-0.1, -0.05) is 0 Å². The quantitative estimate of drug-likeness (QED) is 0.507. The lowest BCUT2D eigenvalue weighted by molar-refractivity contribution is -0.267. The molecule has 0 bridgehead atoms. The number of nitrogens with zero attached hydrogens (tertiary/aromatic N) is 1. The fraction of sp³-hybridized carbons (Fsp3) is 0.316. The predicted octanol–water partition coefficient (Wildman–Crippen LogP) is 3.33. The first-order valence-electron chi connectivity index (χ1n) is 9.18. The number of rotatable bonds is 6. The van der Waals surface area contributed by atoms with E-state index >= 15 is 0 Å². The number of hydrogen-bond donors (Lipinski definition) is 3. The number of methoxy groups -OCH3 is 1. The fourth-order valence-electron chi connectivity index (χ4n) is 3.22. The van der Waals surface area contributed by atoms with E-state index in [4.69, 9.17) is 9.84 Å². The van der Waals surface area contributed by atoms with Gasteiger partial charge in [-0.05, 0) is 36.4 Å². The van der Waals surface area contributed by atoms with Crippen molar-refractivity contribution in [3.63, 3.8) is 0 Å². The van der Waals surface area contributed by atoms with E-state index in [0.717, 1.165) is 30.2 Å². The summed E-state index contributed by atoms with van der Waals surface area (Å²) in [4.78, 5) is 11.3. The van der Waals surface area contributed by atoms with Crippen molar-refractivity contribution in [3.8, 4) is 5.75 Å². The minimum Gasteiger partial charge on any atom is -0.495 e. The normalized spacial score (nSPS) is 16.1. The second-order valence-corrected chi connectivity index (χ2v) is 9.04. The smallest absolute Gasteiger partial charge is 0.420 e. The summed E-state index contributed by atoms with van der Waals surface area (Å²) in [7, 11) is -3.72. The van der Waals surface area contributed by atoms with Gasteiger partial charge in [0.05, 0.1) is 42.7 Å². The molecule has 0 aromatic heterocycles. The maximum Gasteiger partial charge on any atom is 0.420 e. The Kier molecular flexibility index (Phi) is 6.15. The number of carboxylic acid groups (broad SMARTS) is 1. The zero-order chi connectivity index (χ0) is 25.7. The predicted molar refractivity (Wildman–Crippen MR) is 105 cm³/mol. The van der Waals surface area contributed by atoms with E-state index in [9.17, 15) is 44.7 Å². The highest BCUT2D eigenvalue weighted by atomic mass is 32.2. The second-order valence-electron chi connectivity index (χ2n) is 7.39. The standard InChI is InChI=1S/C19H16F6N2O6S/c1-33-14-5-2-10(16(28)29)6-15(14)34(31,32)26-12-7-11(18(20,21)22)3-4-13(12)27-8-17(30,9-27)19(23,24)25/h2-7,26,30H,8-9H2,1H3,(H,28,29). The van der Waals surface area contributed by atoms with Gasteiger partial charge in [-0.2, -0.15) is 26.3 Å². The lowest BCUT2D eigenvalue weighted by atomic mass is 9.92. The first-order valence-corrected chi connectivity index (χ1v) is 10.7. The Balaban J connectivity index is 2.07. The van der Waals surface area contributed by atoms with Crippen LogP contribution in [-0.2, 0) is 16.2 Å². The first-order chi connectivity index (χ1) is 15.5. The fourth-order valence-corrected chi connectivity index (χ4v) is 4.49. The van der Waals surface area contributed by atoms with Crippen LogP contribution in [0, 0.1) is 0 Å². The number of hydrogen-bond acceptors (Lipinski definition) is 6. The van der Waals surface area contributed by atoms with Crippen LogP contribution in [-0.4, -0.2) is 56.6 Å². The molecule has 0 spiro atoms. The van der Waals surface area contributed by atoms with E-state index in [1.807, 2.05) is 4.72 Å². The Bertz CT molecular complexity index is 1220. The summed E-state index contributed by atoms with van der Waals surface area (Å²) in [6.07, 6.45) is -9.93. The highest BCUT2D eigenvalue weighted by Gasteiger charge is 2.61. The molecule has 186 valence electrons. The van der Waals surface area contributed by atoms with Crippen molar-refractivity contribution in [2.45, 2.75) is 22.8 Å². The lowest BCUT2D eigenvalue weighted by Gasteiger charge is -2.48. The number of β-amino-alcohol motifs (C(OH)–C–C–N with tert-alkyl or cyclic N) is 1. The molecule has 8 nitrogen and oxygen atoms in total. The molecular formula is C19H16F6N2O6S. The van der Waals surface area contributed by atoms with Crippen LogP contribution in [0.5, 0.6) is 5.75 Å². The summed E-state index contributed by atoms with van der Waals surface area (Å²) in [5.41, 5.74) is -5.99. The van der Waals surface area contributed by atoms with Crippen molar-refractivity contribution in [2.24, 2.45) is 0 Å². The van der Waals surface area contributed by atoms with Crippen LogP contribution in [0.2, 0.25) is 0 Å². The number of nitrogens with one attached hydrogen (secondary N) is 1. The third-order valence-corrected chi connectivity index (χ3v) is 6.43. The van der Waals surface area contributed by atoms with Gasteiger partial charge in [-0.3, -0.25) is 4.72 Å². The van der Waals surface area contributed by atoms with Crippen molar-refractivity contribution < 1.29 is 54.5 Å². The van der Waals surface area contributed by atoms with Gasteiger partial charge < -0.3 is 19.8 Å². The summed E-state index contributed by atoms with van der Waals surface area (Å²) >= 11 is 0. The van der Waals surface area contributed by atoms with E-state index in [0.29, 0.717) is 18.2 Å². The molecule has 1 heterocycles. The van der Waals surface area contributed by atoms with E-state index < -0.39 is 68.7 Å². The molecule has 15 heteroatoms. The highest BCUT2D eigenvalue weighted by molar-refractivity contribution is 7.92. The molecule has 3 rings (SSSR count). The third kappa shape index (κ3) is 4.70. The molecule has 0 amide bonds. The molecule has 1 aliphatic heterocycles. The van der Waals surface area contributed by atoms with Crippen molar-refractivity contribution in [1.82, 2.24) is 0 Å². The van der Waals surface area contributed by atoms with Crippen LogP contribution in [0.25, 0.3) is 0 Å². The molecule has 3 N–H and O–H groups in total. The monoisotopic (exact) mass is 514 g/mol. The van der Waals surface area contributed by atoms with Crippen molar-refractivity contribution in [3.05, 3.63) is 47.5 Å². The molecule has 2 aromatic carbocycles. The molecule has 2 aromatic rings. The van der Waals surface area contributed by atoms with E-state index in [1.54, 1.807) is 0 Å². The molecule has 1 fully saturated rings. The number of carboxylic acids is 1. The van der Waals surface area contributed by atoms with E-state index in [1.165, 1.54) is 0 Å². The molecule has 0 aliphatic carbocycles. The van der Waals surface area contributed by atoms with Gasteiger partial charge in [-0.25, -0.2) is 13.2 Å². The summed E-state index contributed by atoms with van der Waals surface area (Å²) in [5, 5.41) is 18.8. The van der Waals surface area contributed by atoms with Gasteiger partial charge in [0.25, 0.3) is 10.0 Å². The van der Waals surface area contributed by atoms with Gasteiger partial charge >= 0.3 is 18.3 Å².